The van der Waals surface area contributed by atoms with E-state index in [0.717, 1.165) is 54.1 Å². The van der Waals surface area contributed by atoms with Gasteiger partial charge in [0.15, 0.2) is 23.0 Å². The Kier molecular flexibility index (Phi) is 18.0. The molecule has 0 unspecified atom stereocenters. The second kappa shape index (κ2) is 24.9. The molecule has 8 aromatic rings. The number of halogens is 6. The van der Waals surface area contributed by atoms with Gasteiger partial charge in [0, 0.05) is 98.7 Å². The van der Waals surface area contributed by atoms with Gasteiger partial charge in [0.25, 0.3) is 0 Å². The highest BCUT2D eigenvalue weighted by Crippen LogP contribution is 2.42. The molecule has 2 atom stereocenters. The first-order valence-electron chi connectivity index (χ1n) is 26.5. The van der Waals surface area contributed by atoms with Crippen molar-refractivity contribution in [1.29, 1.82) is 0 Å². The van der Waals surface area contributed by atoms with Gasteiger partial charge < -0.3 is 44.9 Å². The summed E-state index contributed by atoms with van der Waals surface area (Å²) in [5.74, 6) is 0.612. The average molecular weight is 1160 g/mol. The van der Waals surface area contributed by atoms with Crippen molar-refractivity contribution in [3.8, 4) is 20.9 Å². The predicted molar refractivity (Wildman–Crippen MR) is 309 cm³/mol. The maximum atomic E-state index is 13.8. The van der Waals surface area contributed by atoms with Gasteiger partial charge in [0.05, 0.1) is 38.5 Å². The molecular weight excluding hydrogens is 1090 g/mol. The van der Waals surface area contributed by atoms with E-state index in [1.54, 1.807) is 58.9 Å². The number of ether oxygens (including phenoxy) is 3. The molecule has 14 nitrogen and oxygen atoms in total. The molecular formula is C59H64F6N10O4S2. The minimum atomic E-state index is -4.64. The van der Waals surface area contributed by atoms with E-state index >= 15 is 0 Å². The van der Waals surface area contributed by atoms with E-state index in [0.29, 0.717) is 75.7 Å². The second-order valence-electron chi connectivity index (χ2n) is 20.8. The summed E-state index contributed by atoms with van der Waals surface area (Å²) in [5.41, 5.74) is 3.38. The number of aromatic nitrogens is 4. The van der Waals surface area contributed by atoms with Crippen LogP contribution in [0.25, 0.3) is 42.4 Å². The minimum Gasteiger partial charge on any atom is -0.444 e. The number of morpholine rings is 2. The lowest BCUT2D eigenvalue weighted by Gasteiger charge is -2.29. The summed E-state index contributed by atoms with van der Waals surface area (Å²) in [4.78, 5) is 22.5. The zero-order valence-corrected chi connectivity index (χ0v) is 47.6. The summed E-state index contributed by atoms with van der Waals surface area (Å²) >= 11 is 3.22. The fourth-order valence-corrected chi connectivity index (χ4v) is 11.8. The Morgan fingerprint density at radius 3 is 1.48 bits per heavy atom. The lowest BCUT2D eigenvalue weighted by molar-refractivity contribution is -0.141. The number of hydrogen-bond acceptors (Lipinski definition) is 15. The Labute approximate surface area is 474 Å². The number of nitrogens with one attached hydrogen (secondary N) is 3. The zero-order chi connectivity index (χ0) is 57.6. The number of carbonyl (C=O) groups is 1. The predicted octanol–water partition coefficient (Wildman–Crippen LogP) is 13.9. The minimum absolute atomic E-state index is 0.00545. The van der Waals surface area contributed by atoms with Gasteiger partial charge in [0.1, 0.15) is 5.60 Å². The second-order valence-corrected chi connectivity index (χ2v) is 23.0. The molecule has 0 spiro atoms. The van der Waals surface area contributed by atoms with Crippen molar-refractivity contribution in [3.63, 3.8) is 0 Å². The van der Waals surface area contributed by atoms with Gasteiger partial charge in [-0.2, -0.15) is 26.3 Å². The number of benzene rings is 4. The summed E-state index contributed by atoms with van der Waals surface area (Å²) in [6.45, 7) is 15.5. The molecule has 428 valence electrons. The molecule has 4 aromatic heterocycles. The molecule has 3 N–H and O–H groups in total. The molecule has 0 aliphatic carbocycles. The maximum absolute atomic E-state index is 13.8. The number of carbonyl (C=O) groups excluding carboxylic acids is 1. The van der Waals surface area contributed by atoms with Crippen LogP contribution in [0, 0.1) is 0 Å². The smallest absolute Gasteiger partial charge is 0.435 e. The van der Waals surface area contributed by atoms with Gasteiger partial charge in [-0.05, 0) is 125 Å². The van der Waals surface area contributed by atoms with Crippen molar-refractivity contribution in [1.82, 2.24) is 30.6 Å². The lowest BCUT2D eigenvalue weighted by Crippen LogP contribution is -2.36. The van der Waals surface area contributed by atoms with Crippen LogP contribution in [-0.2, 0) is 39.7 Å². The van der Waals surface area contributed by atoms with E-state index in [9.17, 15) is 31.1 Å². The molecule has 2 saturated heterocycles. The van der Waals surface area contributed by atoms with Gasteiger partial charge in [-0.25, -0.2) is 4.79 Å². The Hall–Kier alpha value is -7.11. The number of alkyl halides is 6. The molecule has 0 bridgehead atoms. The van der Waals surface area contributed by atoms with Gasteiger partial charge >= 0.3 is 18.4 Å². The monoisotopic (exact) mass is 1150 g/mol. The third kappa shape index (κ3) is 14.2. The van der Waals surface area contributed by atoms with Crippen LogP contribution in [0.3, 0.4) is 0 Å². The van der Waals surface area contributed by atoms with Crippen molar-refractivity contribution in [2.75, 3.05) is 87.1 Å². The number of anilines is 4. The van der Waals surface area contributed by atoms with Crippen molar-refractivity contribution < 1.29 is 45.3 Å². The van der Waals surface area contributed by atoms with Crippen LogP contribution in [0.4, 0.5) is 54.1 Å². The first-order valence-corrected chi connectivity index (χ1v) is 28.2. The summed E-state index contributed by atoms with van der Waals surface area (Å²) in [5, 5.41) is 25.8. The van der Waals surface area contributed by atoms with Crippen LogP contribution >= 0.6 is 22.7 Å². The van der Waals surface area contributed by atoms with E-state index in [1.165, 1.54) is 17.7 Å². The fourth-order valence-electron chi connectivity index (χ4n) is 9.63. The van der Waals surface area contributed by atoms with Crippen molar-refractivity contribution >= 4 is 73.3 Å². The number of hydrogen-bond donors (Lipinski definition) is 3. The number of rotatable bonds is 14. The third-order valence-corrected chi connectivity index (χ3v) is 16.3. The highest BCUT2D eigenvalue weighted by molar-refractivity contribution is 7.16. The summed E-state index contributed by atoms with van der Waals surface area (Å²) < 4.78 is 99.1. The molecule has 4 aromatic carbocycles. The maximum Gasteiger partial charge on any atom is 0.435 e. The molecule has 1 amide bonds. The zero-order valence-electron chi connectivity index (χ0n) is 46.0. The van der Waals surface area contributed by atoms with Crippen LogP contribution in [0.5, 0.6) is 0 Å². The van der Waals surface area contributed by atoms with Crippen molar-refractivity contribution in [2.45, 2.75) is 77.7 Å². The summed E-state index contributed by atoms with van der Waals surface area (Å²) in [7, 11) is 3.62. The molecule has 0 saturated carbocycles. The molecule has 2 aliphatic rings. The first kappa shape index (κ1) is 58.5. The van der Waals surface area contributed by atoms with E-state index in [-0.39, 0.29) is 28.7 Å². The molecule has 22 heteroatoms. The fraction of sp³-hybridized carbons (Fsp3) is 0.373. The van der Waals surface area contributed by atoms with Crippen LogP contribution in [0.15, 0.2) is 109 Å². The first-order chi connectivity index (χ1) is 38.6. The van der Waals surface area contributed by atoms with Crippen molar-refractivity contribution in [2.24, 2.45) is 0 Å². The lowest BCUT2D eigenvalue weighted by atomic mass is 10.1. The van der Waals surface area contributed by atoms with Gasteiger partial charge in [0.2, 0.25) is 0 Å². The van der Waals surface area contributed by atoms with Gasteiger partial charge in [-0.3, -0.25) is 0 Å². The van der Waals surface area contributed by atoms with E-state index in [1.807, 2.05) is 96.3 Å². The van der Waals surface area contributed by atoms with Crippen LogP contribution < -0.4 is 25.8 Å². The Balaban J connectivity index is 0.000000198. The van der Waals surface area contributed by atoms with Crippen LogP contribution in [0.1, 0.15) is 79.0 Å². The standard InChI is InChI=1S/C32H36F3N5O3S.C27H28F3N5OS/c1-20(26-12-13-27(44-26)23-9-7-6-8-21(23)19-39(5)30(41)43-31(2,3)4)36-29-25-18-22(40-14-16-42-17-15-40)10-11-24(25)28(37-38-29)32(33,34)35;1-17(23-9-10-24(37-23)20-6-4-3-5-18(20)16-31-2)32-26-22-15-19(35-11-13-36-14-12-35)7-8-21(22)25(33-34-26)27(28,29)30/h6-13,18,20H,14-17,19H2,1-5H3,(H,36,38);3-10,15,17,31H,11-14,16H2,1-2H3,(H,32,34)/t20-;17-/m11/s1. The van der Waals surface area contributed by atoms with E-state index < -0.39 is 35.4 Å². The SMILES string of the molecule is CNCc1ccccc1-c1ccc([C@@H](C)Nc2nnc(C(F)(F)F)c3ccc(N4CCOCC4)cc23)s1.C[C@@H](Nc1nnc(C(F)(F)F)c2ccc(N3CCOCC3)cc12)c1ccc(-c2ccccc2CN(C)C(=O)OC(C)(C)C)s1. The highest BCUT2D eigenvalue weighted by Gasteiger charge is 2.37. The Morgan fingerprint density at radius 1 is 0.617 bits per heavy atom. The molecule has 10 rings (SSSR count). The molecule has 2 fully saturated rings. The third-order valence-electron chi connectivity index (χ3n) is 13.7. The van der Waals surface area contributed by atoms with Crippen LogP contribution in [0.2, 0.25) is 0 Å². The molecule has 0 radical (unpaired) electrons. The summed E-state index contributed by atoms with van der Waals surface area (Å²) in [6, 6.07) is 33.7. The quantitative estimate of drug-likeness (QED) is 0.0890. The Morgan fingerprint density at radius 2 is 1.05 bits per heavy atom. The molecule has 2 aliphatic heterocycles. The van der Waals surface area contributed by atoms with Crippen LogP contribution in [-0.4, -0.2) is 104 Å². The number of thiophene rings is 2. The average Bonchev–Trinajstić information content (AvgIpc) is 4.31. The highest BCUT2D eigenvalue weighted by atomic mass is 32.1. The number of fused-ring (bicyclic) bond motifs is 2. The number of amides is 1. The number of nitrogens with zero attached hydrogens (tertiary/aromatic N) is 7. The van der Waals surface area contributed by atoms with E-state index in [2.05, 4.69) is 64.3 Å². The molecule has 6 heterocycles. The summed E-state index contributed by atoms with van der Waals surface area (Å²) in [6.07, 6.45) is -9.64. The van der Waals surface area contributed by atoms with E-state index in [4.69, 9.17) is 14.2 Å². The van der Waals surface area contributed by atoms with Gasteiger partial charge in [-0.1, -0.05) is 48.5 Å². The van der Waals surface area contributed by atoms with Gasteiger partial charge in [-0.15, -0.1) is 43.1 Å². The normalized spacial score (nSPS) is 15.0. The topological polar surface area (TPSA) is 142 Å². The van der Waals surface area contributed by atoms with Crippen molar-refractivity contribution in [3.05, 3.63) is 141 Å². The molecule has 81 heavy (non-hydrogen) atoms. The Bertz CT molecular complexity index is 3470. The largest absolute Gasteiger partial charge is 0.444 e.